The van der Waals surface area contributed by atoms with Crippen molar-refractivity contribution in [2.75, 3.05) is 24.3 Å². The van der Waals surface area contributed by atoms with Crippen LogP contribution in [0.25, 0.3) is 0 Å². The van der Waals surface area contributed by atoms with Crippen molar-refractivity contribution in [2.24, 2.45) is 0 Å². The van der Waals surface area contributed by atoms with Crippen molar-refractivity contribution in [3.8, 4) is 0 Å². The Morgan fingerprint density at radius 2 is 2.12 bits per heavy atom. The zero-order valence-electron chi connectivity index (χ0n) is 10.5. The quantitative estimate of drug-likeness (QED) is 0.855. The Morgan fingerprint density at radius 1 is 1.50 bits per heavy atom. The Hall–Kier alpha value is -1.39. The highest BCUT2D eigenvalue weighted by molar-refractivity contribution is 5.45. The third-order valence-corrected chi connectivity index (χ3v) is 3.04. The number of hydrogen-bond donors (Lipinski definition) is 1. The van der Waals surface area contributed by atoms with E-state index in [-0.39, 0.29) is 5.54 Å². The highest BCUT2D eigenvalue weighted by Gasteiger charge is 2.25. The number of nitrogens with one attached hydrogen (secondary N) is 1. The van der Waals surface area contributed by atoms with Crippen molar-refractivity contribution >= 4 is 11.8 Å². The molecule has 0 amide bonds. The largest absolute Gasteiger partial charge is 0.357 e. The van der Waals surface area contributed by atoms with Crippen molar-refractivity contribution in [1.29, 1.82) is 0 Å². The maximum Gasteiger partial charge on any atom is 0.224 e. The minimum atomic E-state index is -0.400. The number of halogens is 1. The summed E-state index contributed by atoms with van der Waals surface area (Å²) >= 11 is 0. The molecule has 0 spiro atoms. The smallest absolute Gasteiger partial charge is 0.224 e. The van der Waals surface area contributed by atoms with Crippen LogP contribution in [0.1, 0.15) is 27.2 Å². The van der Waals surface area contributed by atoms with Crippen LogP contribution in [0.2, 0.25) is 0 Å². The maximum atomic E-state index is 13.6. The van der Waals surface area contributed by atoms with Gasteiger partial charge in [-0.15, -0.1) is 0 Å². The number of rotatable bonds is 4. The lowest BCUT2D eigenvalue weighted by Crippen LogP contribution is -2.41. The Kier molecular flexibility index (Phi) is 3.67. The second kappa shape index (κ2) is 4.63. The normalized spacial score (nSPS) is 11.4. The molecule has 1 heterocycles. The van der Waals surface area contributed by atoms with Crippen LogP contribution in [0, 0.1) is 5.82 Å². The van der Waals surface area contributed by atoms with Gasteiger partial charge in [0.1, 0.15) is 0 Å². The first-order valence-electron chi connectivity index (χ1n) is 5.36. The van der Waals surface area contributed by atoms with E-state index in [1.165, 1.54) is 6.20 Å². The summed E-state index contributed by atoms with van der Waals surface area (Å²) in [6, 6.07) is 0. The van der Waals surface area contributed by atoms with Crippen molar-refractivity contribution < 1.29 is 4.39 Å². The van der Waals surface area contributed by atoms with Crippen LogP contribution in [0.3, 0.4) is 0 Å². The number of nitrogens with zero attached hydrogens (tertiary/aromatic N) is 3. The van der Waals surface area contributed by atoms with Crippen molar-refractivity contribution in [3.05, 3.63) is 12.0 Å². The lowest BCUT2D eigenvalue weighted by Gasteiger charge is -2.35. The first kappa shape index (κ1) is 12.7. The summed E-state index contributed by atoms with van der Waals surface area (Å²) in [6.07, 6.45) is 2.10. The van der Waals surface area contributed by atoms with E-state index in [1.807, 2.05) is 25.8 Å². The minimum Gasteiger partial charge on any atom is -0.357 e. The molecule has 0 aromatic carbocycles. The van der Waals surface area contributed by atoms with Gasteiger partial charge in [0.05, 0.1) is 6.20 Å². The molecule has 0 fully saturated rings. The predicted octanol–water partition coefficient (Wildman–Crippen LogP) is 2.28. The predicted molar refractivity (Wildman–Crippen MR) is 64.3 cm³/mol. The van der Waals surface area contributed by atoms with Gasteiger partial charge in [0.15, 0.2) is 11.6 Å². The van der Waals surface area contributed by atoms with Gasteiger partial charge in [-0.1, -0.05) is 6.92 Å². The zero-order valence-corrected chi connectivity index (χ0v) is 10.5. The van der Waals surface area contributed by atoms with Crippen LogP contribution >= 0.6 is 0 Å². The van der Waals surface area contributed by atoms with Crippen LogP contribution in [-0.2, 0) is 0 Å². The van der Waals surface area contributed by atoms with E-state index < -0.39 is 5.82 Å². The summed E-state index contributed by atoms with van der Waals surface area (Å²) in [7, 11) is 3.55. The molecule has 1 N–H and O–H groups in total. The molecule has 1 rings (SSSR count). The average Bonchev–Trinajstić information content (AvgIpc) is 2.29. The first-order chi connectivity index (χ1) is 7.42. The molecule has 0 saturated carbocycles. The van der Waals surface area contributed by atoms with Crippen LogP contribution in [-0.4, -0.2) is 29.6 Å². The molecule has 0 bridgehead atoms. The molecule has 0 aliphatic rings. The fourth-order valence-electron chi connectivity index (χ4n) is 1.24. The molecule has 4 nitrogen and oxygen atoms in total. The third kappa shape index (κ3) is 2.40. The fraction of sp³-hybridized carbons (Fsp3) is 0.636. The van der Waals surface area contributed by atoms with Gasteiger partial charge in [-0.3, -0.25) is 0 Å². The van der Waals surface area contributed by atoms with E-state index in [0.717, 1.165) is 6.42 Å². The molecular formula is C11H19FN4. The molecule has 0 saturated heterocycles. The van der Waals surface area contributed by atoms with Gasteiger partial charge in [0.25, 0.3) is 0 Å². The Balaban J connectivity index is 3.11. The molecular weight excluding hydrogens is 207 g/mol. The molecule has 1 aromatic heterocycles. The monoisotopic (exact) mass is 226 g/mol. The number of hydrogen-bond acceptors (Lipinski definition) is 4. The molecule has 1 aromatic rings. The lowest BCUT2D eigenvalue weighted by atomic mass is 10.00. The summed E-state index contributed by atoms with van der Waals surface area (Å²) in [5, 5.41) is 2.80. The van der Waals surface area contributed by atoms with Gasteiger partial charge in [-0.05, 0) is 20.3 Å². The van der Waals surface area contributed by atoms with Crippen molar-refractivity contribution in [3.63, 3.8) is 0 Å². The maximum absolute atomic E-state index is 13.6. The number of anilines is 2. The van der Waals surface area contributed by atoms with Gasteiger partial charge in [-0.2, -0.15) is 4.98 Å². The Morgan fingerprint density at radius 3 is 2.62 bits per heavy atom. The summed E-state index contributed by atoms with van der Waals surface area (Å²) in [6.45, 7) is 6.16. The standard InChI is InChI=1S/C11H19FN4/c1-6-11(2,3)16(5)9-8(12)7-14-10(13-4)15-9/h7H,6H2,1-5H3,(H,13,14,15). The molecule has 0 aliphatic carbocycles. The minimum absolute atomic E-state index is 0.139. The zero-order chi connectivity index (χ0) is 12.3. The summed E-state index contributed by atoms with van der Waals surface area (Å²) in [5.74, 6) is 0.351. The Labute approximate surface area is 95.9 Å². The van der Waals surface area contributed by atoms with E-state index in [1.54, 1.807) is 7.05 Å². The van der Waals surface area contributed by atoms with Gasteiger partial charge in [0, 0.05) is 19.6 Å². The fourth-order valence-corrected chi connectivity index (χ4v) is 1.24. The van der Waals surface area contributed by atoms with E-state index in [2.05, 4.69) is 22.2 Å². The molecule has 0 aliphatic heterocycles. The second-order valence-corrected chi connectivity index (χ2v) is 4.34. The van der Waals surface area contributed by atoms with Crippen LogP contribution < -0.4 is 10.2 Å². The van der Waals surface area contributed by atoms with E-state index >= 15 is 0 Å². The molecule has 0 atom stereocenters. The summed E-state index contributed by atoms with van der Waals surface area (Å²) < 4.78 is 13.6. The topological polar surface area (TPSA) is 41.1 Å². The molecule has 0 radical (unpaired) electrons. The van der Waals surface area contributed by atoms with Crippen molar-refractivity contribution in [2.45, 2.75) is 32.7 Å². The van der Waals surface area contributed by atoms with Gasteiger partial charge in [-0.25, -0.2) is 9.37 Å². The van der Waals surface area contributed by atoms with Crippen molar-refractivity contribution in [1.82, 2.24) is 9.97 Å². The highest BCUT2D eigenvalue weighted by Crippen LogP contribution is 2.25. The van der Waals surface area contributed by atoms with E-state index in [9.17, 15) is 4.39 Å². The highest BCUT2D eigenvalue weighted by atomic mass is 19.1. The third-order valence-electron chi connectivity index (χ3n) is 3.04. The first-order valence-corrected chi connectivity index (χ1v) is 5.36. The van der Waals surface area contributed by atoms with Crippen LogP contribution in [0.4, 0.5) is 16.2 Å². The van der Waals surface area contributed by atoms with E-state index in [4.69, 9.17) is 0 Å². The molecule has 90 valence electrons. The van der Waals surface area contributed by atoms with Gasteiger partial charge < -0.3 is 10.2 Å². The Bertz CT molecular complexity index is 365. The SMILES string of the molecule is CCC(C)(C)N(C)c1nc(NC)ncc1F. The summed E-state index contributed by atoms with van der Waals surface area (Å²) in [4.78, 5) is 9.80. The van der Waals surface area contributed by atoms with Crippen LogP contribution in [0.5, 0.6) is 0 Å². The lowest BCUT2D eigenvalue weighted by molar-refractivity contribution is 0.457. The average molecular weight is 226 g/mol. The number of aromatic nitrogens is 2. The molecule has 16 heavy (non-hydrogen) atoms. The van der Waals surface area contributed by atoms with Crippen LogP contribution in [0.15, 0.2) is 6.20 Å². The second-order valence-electron chi connectivity index (χ2n) is 4.34. The van der Waals surface area contributed by atoms with Gasteiger partial charge >= 0.3 is 0 Å². The molecule has 0 unspecified atom stereocenters. The molecule has 5 heteroatoms. The van der Waals surface area contributed by atoms with Gasteiger partial charge in [0.2, 0.25) is 5.95 Å². The summed E-state index contributed by atoms with van der Waals surface area (Å²) in [5.41, 5.74) is -0.139. The van der Waals surface area contributed by atoms with E-state index in [0.29, 0.717) is 11.8 Å².